The van der Waals surface area contributed by atoms with Crippen molar-refractivity contribution in [2.24, 2.45) is 17.1 Å². The highest BCUT2D eigenvalue weighted by Crippen LogP contribution is 2.42. The second-order valence-electron chi connectivity index (χ2n) is 5.07. The number of carbonyl (C=O) groups is 1. The first-order valence-electron chi connectivity index (χ1n) is 6.11. The van der Waals surface area contributed by atoms with E-state index in [-0.39, 0.29) is 6.54 Å². The minimum Gasteiger partial charge on any atom is -0.481 e. The van der Waals surface area contributed by atoms with Gasteiger partial charge in [0, 0.05) is 6.54 Å². The van der Waals surface area contributed by atoms with Gasteiger partial charge in [-0.3, -0.25) is 4.79 Å². The predicted molar refractivity (Wildman–Crippen MR) is 69.1 cm³/mol. The number of hydrogen-bond donors (Lipinski definition) is 2. The van der Waals surface area contributed by atoms with Gasteiger partial charge in [-0.05, 0) is 47.6 Å². The van der Waals surface area contributed by atoms with Gasteiger partial charge in [-0.15, -0.1) is 0 Å². The van der Waals surface area contributed by atoms with Gasteiger partial charge < -0.3 is 10.8 Å². The van der Waals surface area contributed by atoms with Crippen molar-refractivity contribution in [3.8, 4) is 0 Å². The van der Waals surface area contributed by atoms with Crippen LogP contribution in [0.25, 0.3) is 0 Å². The number of hydrogen-bond acceptors (Lipinski definition) is 3. The molecule has 0 aliphatic heterocycles. The van der Waals surface area contributed by atoms with E-state index < -0.39 is 11.4 Å². The van der Waals surface area contributed by atoms with Gasteiger partial charge in [0.1, 0.15) is 0 Å². The quantitative estimate of drug-likeness (QED) is 0.784. The Hall–Kier alpha value is -0.870. The molecule has 94 valence electrons. The molecular weight excluding hydrogens is 234 g/mol. The van der Waals surface area contributed by atoms with Gasteiger partial charge >= 0.3 is 5.97 Å². The lowest BCUT2D eigenvalue weighted by Gasteiger charge is -2.27. The molecule has 0 amide bonds. The highest BCUT2D eigenvalue weighted by Gasteiger charge is 2.41. The molecular formula is C13H19NO2S. The summed E-state index contributed by atoms with van der Waals surface area (Å²) >= 11 is 1.65. The Morgan fingerprint density at radius 3 is 2.82 bits per heavy atom. The molecule has 4 heteroatoms. The lowest BCUT2D eigenvalue weighted by atomic mass is 9.78. The van der Waals surface area contributed by atoms with Gasteiger partial charge in [0.2, 0.25) is 0 Å². The van der Waals surface area contributed by atoms with E-state index in [0.717, 1.165) is 12.8 Å². The summed E-state index contributed by atoms with van der Waals surface area (Å²) in [6.45, 7) is 0.253. The van der Waals surface area contributed by atoms with E-state index in [2.05, 4.69) is 11.4 Å². The molecule has 1 unspecified atom stereocenters. The van der Waals surface area contributed by atoms with Gasteiger partial charge in [0.05, 0.1) is 5.41 Å². The van der Waals surface area contributed by atoms with Crippen molar-refractivity contribution in [3.05, 3.63) is 22.4 Å². The molecule has 1 aliphatic carbocycles. The molecule has 3 nitrogen and oxygen atoms in total. The van der Waals surface area contributed by atoms with Gasteiger partial charge in [0.15, 0.2) is 0 Å². The molecule has 1 aliphatic rings. The van der Waals surface area contributed by atoms with Gasteiger partial charge in [-0.1, -0.05) is 12.8 Å². The number of aliphatic carboxylic acids is 1. The fourth-order valence-electron chi connectivity index (χ4n) is 2.26. The molecule has 17 heavy (non-hydrogen) atoms. The minimum absolute atomic E-state index is 0.253. The molecule has 0 spiro atoms. The maximum atomic E-state index is 11.5. The SMILES string of the molecule is NCC(CCc1ccsc1)(CC1CC1)C(=O)O. The molecule has 1 heterocycles. The molecule has 1 aromatic heterocycles. The minimum atomic E-state index is -0.720. The summed E-state index contributed by atoms with van der Waals surface area (Å²) in [5.41, 5.74) is 6.27. The number of aryl methyl sites for hydroxylation is 1. The topological polar surface area (TPSA) is 63.3 Å². The zero-order chi connectivity index (χ0) is 12.3. The summed E-state index contributed by atoms with van der Waals surface area (Å²) in [6.07, 6.45) is 4.58. The average Bonchev–Trinajstić information content (AvgIpc) is 2.96. The van der Waals surface area contributed by atoms with Crippen LogP contribution < -0.4 is 5.73 Å². The molecule has 1 fully saturated rings. The highest BCUT2D eigenvalue weighted by atomic mass is 32.1. The lowest BCUT2D eigenvalue weighted by Crippen LogP contribution is -2.39. The van der Waals surface area contributed by atoms with E-state index in [0.29, 0.717) is 12.3 Å². The Balaban J connectivity index is 2.00. The molecule has 0 bridgehead atoms. The van der Waals surface area contributed by atoms with Gasteiger partial charge in [0.25, 0.3) is 0 Å². The Morgan fingerprint density at radius 1 is 1.59 bits per heavy atom. The molecule has 0 radical (unpaired) electrons. The lowest BCUT2D eigenvalue weighted by molar-refractivity contribution is -0.149. The van der Waals surface area contributed by atoms with Crippen molar-refractivity contribution in [2.75, 3.05) is 6.54 Å². The molecule has 2 rings (SSSR count). The largest absolute Gasteiger partial charge is 0.481 e. The van der Waals surface area contributed by atoms with E-state index in [4.69, 9.17) is 5.73 Å². The fraction of sp³-hybridized carbons (Fsp3) is 0.615. The molecule has 1 aromatic rings. The number of nitrogens with two attached hydrogens (primary N) is 1. The number of rotatable bonds is 7. The number of thiophene rings is 1. The average molecular weight is 253 g/mol. The van der Waals surface area contributed by atoms with Crippen molar-refractivity contribution in [1.82, 2.24) is 0 Å². The van der Waals surface area contributed by atoms with Gasteiger partial charge in [-0.25, -0.2) is 0 Å². The van der Waals surface area contributed by atoms with Gasteiger partial charge in [-0.2, -0.15) is 11.3 Å². The van der Waals surface area contributed by atoms with Crippen LogP contribution in [0, 0.1) is 11.3 Å². The third kappa shape index (κ3) is 3.07. The third-order valence-electron chi connectivity index (χ3n) is 3.69. The van der Waals surface area contributed by atoms with Crippen molar-refractivity contribution < 1.29 is 9.90 Å². The molecule has 0 saturated heterocycles. The van der Waals surface area contributed by atoms with E-state index >= 15 is 0 Å². The van der Waals surface area contributed by atoms with E-state index in [1.165, 1.54) is 18.4 Å². The molecule has 1 atom stereocenters. The van der Waals surface area contributed by atoms with Crippen LogP contribution in [-0.2, 0) is 11.2 Å². The fourth-order valence-corrected chi connectivity index (χ4v) is 2.97. The normalized spacial score (nSPS) is 18.9. The van der Waals surface area contributed by atoms with Crippen molar-refractivity contribution in [2.45, 2.75) is 32.1 Å². The third-order valence-corrected chi connectivity index (χ3v) is 4.43. The molecule has 1 saturated carbocycles. The summed E-state index contributed by atoms with van der Waals surface area (Å²) in [5, 5.41) is 13.6. The maximum absolute atomic E-state index is 11.5. The van der Waals surface area contributed by atoms with E-state index in [1.807, 2.05) is 5.38 Å². The first-order valence-corrected chi connectivity index (χ1v) is 7.05. The first-order chi connectivity index (χ1) is 8.16. The second-order valence-corrected chi connectivity index (χ2v) is 5.85. The maximum Gasteiger partial charge on any atom is 0.310 e. The van der Waals surface area contributed by atoms with Crippen molar-refractivity contribution >= 4 is 17.3 Å². The zero-order valence-corrected chi connectivity index (χ0v) is 10.7. The van der Waals surface area contributed by atoms with Crippen LogP contribution in [0.15, 0.2) is 16.8 Å². The standard InChI is InChI=1S/C13H19NO2S/c14-9-13(12(15)16,7-10-1-2-10)5-3-11-4-6-17-8-11/h4,6,8,10H,1-3,5,7,9,14H2,(H,15,16). The molecule has 0 aromatic carbocycles. The smallest absolute Gasteiger partial charge is 0.310 e. The molecule has 3 N–H and O–H groups in total. The first kappa shape index (κ1) is 12.6. The van der Waals surface area contributed by atoms with Crippen LogP contribution in [0.3, 0.4) is 0 Å². The van der Waals surface area contributed by atoms with Crippen LogP contribution in [0.5, 0.6) is 0 Å². The number of carboxylic acid groups (broad SMARTS) is 1. The second kappa shape index (κ2) is 5.19. The summed E-state index contributed by atoms with van der Waals surface area (Å²) in [7, 11) is 0. The van der Waals surface area contributed by atoms with Crippen LogP contribution in [0.2, 0.25) is 0 Å². The zero-order valence-electron chi connectivity index (χ0n) is 9.89. The van der Waals surface area contributed by atoms with E-state index in [9.17, 15) is 9.90 Å². The van der Waals surface area contributed by atoms with Crippen LogP contribution in [0.1, 0.15) is 31.2 Å². The Bertz CT molecular complexity index is 373. The van der Waals surface area contributed by atoms with Crippen molar-refractivity contribution in [1.29, 1.82) is 0 Å². The van der Waals surface area contributed by atoms with Crippen LogP contribution in [-0.4, -0.2) is 17.6 Å². The number of carboxylic acids is 1. The predicted octanol–water partition coefficient (Wildman–Crippen LogP) is 2.51. The van der Waals surface area contributed by atoms with Crippen molar-refractivity contribution in [3.63, 3.8) is 0 Å². The Labute approximate surface area is 106 Å². The summed E-state index contributed by atoms with van der Waals surface area (Å²) in [6, 6.07) is 2.06. The summed E-state index contributed by atoms with van der Waals surface area (Å²) in [4.78, 5) is 11.5. The summed E-state index contributed by atoms with van der Waals surface area (Å²) in [5.74, 6) is -0.126. The highest BCUT2D eigenvalue weighted by molar-refractivity contribution is 7.07. The Morgan fingerprint density at radius 2 is 2.35 bits per heavy atom. The Kier molecular flexibility index (Phi) is 3.84. The van der Waals surface area contributed by atoms with Crippen LogP contribution >= 0.6 is 11.3 Å². The van der Waals surface area contributed by atoms with E-state index in [1.54, 1.807) is 11.3 Å². The monoisotopic (exact) mass is 253 g/mol. The van der Waals surface area contributed by atoms with Crippen LogP contribution in [0.4, 0.5) is 0 Å². The summed E-state index contributed by atoms with van der Waals surface area (Å²) < 4.78 is 0.